The summed E-state index contributed by atoms with van der Waals surface area (Å²) in [4.78, 5) is 16.5. The molecule has 0 aliphatic carbocycles. The molecule has 0 atom stereocenters. The van der Waals surface area contributed by atoms with Gasteiger partial charge in [-0.3, -0.25) is 4.79 Å². The molecular weight excluding hydrogens is 318 g/mol. The monoisotopic (exact) mass is 333 g/mol. The van der Waals surface area contributed by atoms with Crippen LogP contribution in [0.2, 0.25) is 0 Å². The number of aryl methyl sites for hydroxylation is 2. The van der Waals surface area contributed by atoms with Crippen LogP contribution in [0.4, 0.5) is 11.5 Å². The van der Waals surface area contributed by atoms with Gasteiger partial charge in [0.15, 0.2) is 0 Å². The van der Waals surface area contributed by atoms with Crippen molar-refractivity contribution in [3.05, 3.63) is 51.6 Å². The maximum Gasteiger partial charge on any atom is 0.256 e. The zero-order valence-corrected chi connectivity index (χ0v) is 13.2. The number of carbonyl (C=O) groups excluding carboxylic acids is 1. The second-order valence-corrected chi connectivity index (χ2v) is 5.35. The Balaban J connectivity index is 2.19. The van der Waals surface area contributed by atoms with Crippen LogP contribution >= 0.6 is 15.9 Å². The van der Waals surface area contributed by atoms with Crippen LogP contribution in [0.15, 0.2) is 34.8 Å². The summed E-state index contributed by atoms with van der Waals surface area (Å²) >= 11 is 3.38. The maximum atomic E-state index is 12.2. The third kappa shape index (κ3) is 3.17. The fourth-order valence-electron chi connectivity index (χ4n) is 1.89. The molecule has 1 amide bonds. The highest BCUT2D eigenvalue weighted by molar-refractivity contribution is 9.10. The summed E-state index contributed by atoms with van der Waals surface area (Å²) in [5.74, 6) is 0.385. The normalized spacial score (nSPS) is 10.2. The number of anilines is 2. The van der Waals surface area contributed by atoms with Crippen LogP contribution in [0, 0.1) is 13.8 Å². The van der Waals surface area contributed by atoms with Crippen molar-refractivity contribution in [1.29, 1.82) is 0 Å². The number of hydrogen-bond donors (Lipinski definition) is 2. The van der Waals surface area contributed by atoms with Crippen LogP contribution in [-0.2, 0) is 0 Å². The molecule has 0 unspecified atom stereocenters. The number of halogens is 1. The fraction of sp³-hybridized carbons (Fsp3) is 0.200. The van der Waals surface area contributed by atoms with Gasteiger partial charge in [-0.2, -0.15) is 0 Å². The van der Waals surface area contributed by atoms with E-state index in [0.717, 1.165) is 21.4 Å². The van der Waals surface area contributed by atoms with E-state index in [-0.39, 0.29) is 5.91 Å². The van der Waals surface area contributed by atoms with E-state index in [0.29, 0.717) is 11.4 Å². The van der Waals surface area contributed by atoms with E-state index in [1.54, 1.807) is 12.1 Å². The summed E-state index contributed by atoms with van der Waals surface area (Å²) < 4.78 is 0.921. The van der Waals surface area contributed by atoms with E-state index >= 15 is 0 Å². The van der Waals surface area contributed by atoms with Crippen LogP contribution in [0.1, 0.15) is 21.6 Å². The highest BCUT2D eigenvalue weighted by atomic mass is 79.9. The molecule has 1 heterocycles. The van der Waals surface area contributed by atoms with Crippen LogP contribution in [0.5, 0.6) is 0 Å². The molecule has 1 aromatic carbocycles. The van der Waals surface area contributed by atoms with Crippen LogP contribution < -0.4 is 10.6 Å². The molecule has 0 aliphatic heterocycles. The van der Waals surface area contributed by atoms with Gasteiger partial charge in [-0.1, -0.05) is 0 Å². The predicted octanol–water partition coefficient (Wildman–Crippen LogP) is 3.75. The van der Waals surface area contributed by atoms with Crippen molar-refractivity contribution in [2.75, 3.05) is 17.7 Å². The van der Waals surface area contributed by atoms with Crippen molar-refractivity contribution in [1.82, 2.24) is 4.98 Å². The summed E-state index contributed by atoms with van der Waals surface area (Å²) in [6.45, 7) is 3.84. The zero-order chi connectivity index (χ0) is 14.7. The molecule has 104 valence electrons. The van der Waals surface area contributed by atoms with Gasteiger partial charge < -0.3 is 10.6 Å². The van der Waals surface area contributed by atoms with Crippen molar-refractivity contribution >= 4 is 33.3 Å². The van der Waals surface area contributed by atoms with E-state index in [1.807, 2.05) is 39.1 Å². The average Bonchev–Trinajstić information content (AvgIpc) is 2.42. The molecule has 0 fully saturated rings. The standard InChI is InChI=1S/C15H16BrN3O/c1-9-8-11(4-6-13(9)17-3)15(20)19-14-7-5-12(16)10(2)18-14/h4-8,17H,1-3H3,(H,18,19,20). The van der Waals surface area contributed by atoms with Crippen molar-refractivity contribution in [2.45, 2.75) is 13.8 Å². The molecule has 2 N–H and O–H groups in total. The van der Waals surface area contributed by atoms with Crippen LogP contribution in [-0.4, -0.2) is 17.9 Å². The van der Waals surface area contributed by atoms with Gasteiger partial charge in [0.2, 0.25) is 0 Å². The lowest BCUT2D eigenvalue weighted by atomic mass is 10.1. The number of aromatic nitrogens is 1. The Morgan fingerprint density at radius 2 is 1.95 bits per heavy atom. The van der Waals surface area contributed by atoms with Gasteiger partial charge >= 0.3 is 0 Å². The van der Waals surface area contributed by atoms with E-state index in [1.165, 1.54) is 0 Å². The Hall–Kier alpha value is -1.88. The molecule has 20 heavy (non-hydrogen) atoms. The molecule has 4 nitrogen and oxygen atoms in total. The smallest absolute Gasteiger partial charge is 0.256 e. The Labute approximate surface area is 126 Å². The zero-order valence-electron chi connectivity index (χ0n) is 11.6. The molecule has 0 spiro atoms. The first-order chi connectivity index (χ1) is 9.51. The molecule has 5 heteroatoms. The molecule has 0 aliphatic rings. The number of rotatable bonds is 3. The number of nitrogens with one attached hydrogen (secondary N) is 2. The molecule has 2 aromatic rings. The SMILES string of the molecule is CNc1ccc(C(=O)Nc2ccc(Br)c(C)n2)cc1C. The second-order valence-electron chi connectivity index (χ2n) is 4.50. The Bertz CT molecular complexity index is 656. The van der Waals surface area contributed by atoms with Crippen LogP contribution in [0.3, 0.4) is 0 Å². The molecule has 2 rings (SSSR count). The van der Waals surface area contributed by atoms with Gasteiger partial charge in [0.25, 0.3) is 5.91 Å². The van der Waals surface area contributed by atoms with Gasteiger partial charge in [-0.05, 0) is 65.7 Å². The number of amides is 1. The van der Waals surface area contributed by atoms with Crippen molar-refractivity contribution in [2.24, 2.45) is 0 Å². The average molecular weight is 334 g/mol. The Kier molecular flexibility index (Phi) is 4.39. The second kappa shape index (κ2) is 6.05. The number of pyridine rings is 1. The summed E-state index contributed by atoms with van der Waals surface area (Å²) in [5.41, 5.74) is 3.49. The summed E-state index contributed by atoms with van der Waals surface area (Å²) in [6.07, 6.45) is 0. The molecule has 0 saturated heterocycles. The van der Waals surface area contributed by atoms with Crippen molar-refractivity contribution in [3.8, 4) is 0 Å². The molecule has 0 bridgehead atoms. The van der Waals surface area contributed by atoms with Crippen molar-refractivity contribution < 1.29 is 4.79 Å². The first-order valence-electron chi connectivity index (χ1n) is 6.24. The Morgan fingerprint density at radius 3 is 2.55 bits per heavy atom. The van der Waals surface area contributed by atoms with E-state index in [2.05, 4.69) is 31.5 Å². The fourth-order valence-corrected chi connectivity index (χ4v) is 2.11. The van der Waals surface area contributed by atoms with Gasteiger partial charge in [0.1, 0.15) is 5.82 Å². The predicted molar refractivity (Wildman–Crippen MR) is 85.4 cm³/mol. The summed E-state index contributed by atoms with van der Waals surface area (Å²) in [6, 6.07) is 9.17. The highest BCUT2D eigenvalue weighted by Gasteiger charge is 2.09. The number of hydrogen-bond acceptors (Lipinski definition) is 3. The quantitative estimate of drug-likeness (QED) is 0.899. The van der Waals surface area contributed by atoms with Crippen LogP contribution in [0.25, 0.3) is 0 Å². The summed E-state index contributed by atoms with van der Waals surface area (Å²) in [5, 5.41) is 5.88. The number of benzene rings is 1. The minimum Gasteiger partial charge on any atom is -0.388 e. The third-order valence-electron chi connectivity index (χ3n) is 3.02. The van der Waals surface area contributed by atoms with E-state index in [4.69, 9.17) is 0 Å². The number of nitrogens with zero attached hydrogens (tertiary/aromatic N) is 1. The minimum atomic E-state index is -0.162. The molecule has 1 aromatic heterocycles. The molecule has 0 radical (unpaired) electrons. The van der Waals surface area contributed by atoms with Crippen molar-refractivity contribution in [3.63, 3.8) is 0 Å². The van der Waals surface area contributed by atoms with Gasteiger partial charge in [0.05, 0.1) is 5.69 Å². The molecular formula is C15H16BrN3O. The first kappa shape index (κ1) is 14.5. The lowest BCUT2D eigenvalue weighted by molar-refractivity contribution is 0.102. The third-order valence-corrected chi connectivity index (χ3v) is 3.86. The lowest BCUT2D eigenvalue weighted by Crippen LogP contribution is -2.13. The first-order valence-corrected chi connectivity index (χ1v) is 7.03. The van der Waals surface area contributed by atoms with Gasteiger partial charge in [0, 0.05) is 22.8 Å². The summed E-state index contributed by atoms with van der Waals surface area (Å²) in [7, 11) is 1.86. The Morgan fingerprint density at radius 1 is 1.20 bits per heavy atom. The van der Waals surface area contributed by atoms with E-state index in [9.17, 15) is 4.79 Å². The lowest BCUT2D eigenvalue weighted by Gasteiger charge is -2.09. The van der Waals surface area contributed by atoms with Gasteiger partial charge in [-0.15, -0.1) is 0 Å². The minimum absolute atomic E-state index is 0.162. The topological polar surface area (TPSA) is 54.0 Å². The maximum absolute atomic E-state index is 12.2. The largest absolute Gasteiger partial charge is 0.388 e. The van der Waals surface area contributed by atoms with Gasteiger partial charge in [-0.25, -0.2) is 4.98 Å². The number of carbonyl (C=O) groups is 1. The van der Waals surface area contributed by atoms with E-state index < -0.39 is 0 Å². The molecule has 0 saturated carbocycles. The highest BCUT2D eigenvalue weighted by Crippen LogP contribution is 2.19.